The van der Waals surface area contributed by atoms with Crippen molar-refractivity contribution in [1.82, 2.24) is 4.90 Å². The zero-order valence-corrected chi connectivity index (χ0v) is 13.4. The second-order valence-corrected chi connectivity index (χ2v) is 5.97. The van der Waals surface area contributed by atoms with Crippen LogP contribution in [0.2, 0.25) is 0 Å². The molecule has 124 valence electrons. The standard InChI is InChI=1S/C20H21NO3/c1-2-3-13-20(24)17-12-8-7-11-16(17)19(23)21(20)18(14-22)15-9-5-4-6-10-15/h2,4-12,18,22,24H,1,3,13-14H2/t18-,20+/m0/s1. The van der Waals surface area contributed by atoms with Crippen LogP contribution in [0.4, 0.5) is 0 Å². The lowest BCUT2D eigenvalue weighted by molar-refractivity contribution is -0.115. The monoisotopic (exact) mass is 323 g/mol. The van der Waals surface area contributed by atoms with Crippen LogP contribution in [0.1, 0.15) is 40.4 Å². The third-order valence-corrected chi connectivity index (χ3v) is 4.57. The molecule has 0 aromatic heterocycles. The average molecular weight is 323 g/mol. The molecule has 0 bridgehead atoms. The van der Waals surface area contributed by atoms with Crippen molar-refractivity contribution in [3.8, 4) is 0 Å². The zero-order chi connectivity index (χ0) is 17.2. The van der Waals surface area contributed by atoms with Crippen LogP contribution in [0.15, 0.2) is 67.3 Å². The highest BCUT2D eigenvalue weighted by molar-refractivity contribution is 6.00. The Labute approximate surface area is 141 Å². The molecular weight excluding hydrogens is 302 g/mol. The van der Waals surface area contributed by atoms with Crippen molar-refractivity contribution in [2.75, 3.05) is 6.61 Å². The summed E-state index contributed by atoms with van der Waals surface area (Å²) >= 11 is 0. The van der Waals surface area contributed by atoms with Crippen LogP contribution in [0.25, 0.3) is 0 Å². The van der Waals surface area contributed by atoms with E-state index in [-0.39, 0.29) is 12.5 Å². The molecule has 2 N–H and O–H groups in total. The van der Waals surface area contributed by atoms with E-state index in [1.807, 2.05) is 36.4 Å². The summed E-state index contributed by atoms with van der Waals surface area (Å²) in [5.74, 6) is -0.264. The number of aliphatic hydroxyl groups excluding tert-OH is 1. The molecule has 0 unspecified atom stereocenters. The second kappa shape index (κ2) is 6.59. The van der Waals surface area contributed by atoms with Crippen molar-refractivity contribution in [2.45, 2.75) is 24.6 Å². The van der Waals surface area contributed by atoms with Gasteiger partial charge in [-0.2, -0.15) is 0 Å². The third kappa shape index (κ3) is 2.54. The molecule has 2 aromatic carbocycles. The Morgan fingerprint density at radius 2 is 1.79 bits per heavy atom. The van der Waals surface area contributed by atoms with E-state index in [0.717, 1.165) is 5.56 Å². The van der Waals surface area contributed by atoms with Gasteiger partial charge in [0.1, 0.15) is 0 Å². The van der Waals surface area contributed by atoms with Gasteiger partial charge in [0.25, 0.3) is 5.91 Å². The van der Waals surface area contributed by atoms with E-state index >= 15 is 0 Å². The van der Waals surface area contributed by atoms with E-state index in [1.54, 1.807) is 24.3 Å². The number of benzene rings is 2. The summed E-state index contributed by atoms with van der Waals surface area (Å²) in [6.45, 7) is 3.45. The Balaban J connectivity index is 2.11. The highest BCUT2D eigenvalue weighted by Crippen LogP contribution is 2.45. The summed E-state index contributed by atoms with van der Waals surface area (Å²) in [5, 5.41) is 21.4. The smallest absolute Gasteiger partial charge is 0.257 e. The molecule has 0 spiro atoms. The number of hydrogen-bond acceptors (Lipinski definition) is 3. The Morgan fingerprint density at radius 3 is 2.46 bits per heavy atom. The summed E-state index contributed by atoms with van der Waals surface area (Å²) in [6.07, 6.45) is 2.61. The molecule has 1 aliphatic rings. The Morgan fingerprint density at radius 1 is 1.12 bits per heavy atom. The first-order valence-electron chi connectivity index (χ1n) is 8.05. The van der Waals surface area contributed by atoms with E-state index in [9.17, 15) is 15.0 Å². The number of fused-ring (bicyclic) bond motifs is 1. The normalized spacial score (nSPS) is 20.8. The molecule has 0 saturated heterocycles. The molecule has 2 atom stereocenters. The predicted octanol–water partition coefficient (Wildman–Crippen LogP) is 2.99. The fraction of sp³-hybridized carbons (Fsp3) is 0.250. The van der Waals surface area contributed by atoms with E-state index in [0.29, 0.717) is 24.0 Å². The quantitative estimate of drug-likeness (QED) is 0.804. The maximum absolute atomic E-state index is 13.0. The molecule has 4 heteroatoms. The van der Waals surface area contributed by atoms with Crippen molar-refractivity contribution >= 4 is 5.91 Å². The topological polar surface area (TPSA) is 60.8 Å². The van der Waals surface area contributed by atoms with Gasteiger partial charge in [0.2, 0.25) is 0 Å². The third-order valence-electron chi connectivity index (χ3n) is 4.57. The van der Waals surface area contributed by atoms with E-state index in [4.69, 9.17) is 0 Å². The molecule has 4 nitrogen and oxygen atoms in total. The number of nitrogens with zero attached hydrogens (tertiary/aromatic N) is 1. The zero-order valence-electron chi connectivity index (χ0n) is 13.4. The summed E-state index contributed by atoms with van der Waals surface area (Å²) in [7, 11) is 0. The largest absolute Gasteiger partial charge is 0.394 e. The molecular formula is C20H21NO3. The van der Waals surface area contributed by atoms with Crippen molar-refractivity contribution in [1.29, 1.82) is 0 Å². The maximum atomic E-state index is 13.0. The number of hydrogen-bond donors (Lipinski definition) is 2. The van der Waals surface area contributed by atoms with Gasteiger partial charge < -0.3 is 10.2 Å². The van der Waals surface area contributed by atoms with Gasteiger partial charge >= 0.3 is 0 Å². The van der Waals surface area contributed by atoms with Crippen LogP contribution in [0.5, 0.6) is 0 Å². The van der Waals surface area contributed by atoms with Crippen LogP contribution < -0.4 is 0 Å². The van der Waals surface area contributed by atoms with Crippen molar-refractivity contribution in [2.24, 2.45) is 0 Å². The molecule has 1 amide bonds. The van der Waals surface area contributed by atoms with Gasteiger partial charge in [0, 0.05) is 17.5 Å². The van der Waals surface area contributed by atoms with Crippen LogP contribution in [0, 0.1) is 0 Å². The van der Waals surface area contributed by atoms with Gasteiger partial charge in [-0.05, 0) is 18.1 Å². The Bertz CT molecular complexity index is 744. The van der Waals surface area contributed by atoms with Crippen molar-refractivity contribution in [3.05, 3.63) is 83.9 Å². The lowest BCUT2D eigenvalue weighted by atomic mass is 9.95. The van der Waals surface area contributed by atoms with Gasteiger partial charge in [-0.15, -0.1) is 6.58 Å². The van der Waals surface area contributed by atoms with Crippen LogP contribution in [0.3, 0.4) is 0 Å². The van der Waals surface area contributed by atoms with Gasteiger partial charge in [-0.25, -0.2) is 0 Å². The molecule has 0 saturated carbocycles. The molecule has 0 aliphatic carbocycles. The minimum atomic E-state index is -1.45. The molecule has 1 aliphatic heterocycles. The minimum Gasteiger partial charge on any atom is -0.394 e. The second-order valence-electron chi connectivity index (χ2n) is 5.97. The molecule has 2 aromatic rings. The lowest BCUT2D eigenvalue weighted by Crippen LogP contribution is -2.47. The molecule has 24 heavy (non-hydrogen) atoms. The maximum Gasteiger partial charge on any atom is 0.257 e. The van der Waals surface area contributed by atoms with E-state index in [2.05, 4.69) is 6.58 Å². The highest BCUT2D eigenvalue weighted by atomic mass is 16.3. The fourth-order valence-electron chi connectivity index (χ4n) is 3.42. The summed E-state index contributed by atoms with van der Waals surface area (Å²) in [4.78, 5) is 14.4. The van der Waals surface area contributed by atoms with Crippen LogP contribution in [-0.4, -0.2) is 27.6 Å². The highest BCUT2D eigenvalue weighted by Gasteiger charge is 2.50. The van der Waals surface area contributed by atoms with Gasteiger partial charge in [0.05, 0.1) is 12.6 Å². The number of aliphatic hydroxyl groups is 2. The molecule has 3 rings (SSSR count). The summed E-state index contributed by atoms with van der Waals surface area (Å²) in [6, 6.07) is 15.8. The van der Waals surface area contributed by atoms with Crippen molar-refractivity contribution < 1.29 is 15.0 Å². The number of rotatable bonds is 6. The van der Waals surface area contributed by atoms with E-state index < -0.39 is 11.8 Å². The number of allylic oxidation sites excluding steroid dienone is 1. The number of carbonyl (C=O) groups excluding carboxylic acids is 1. The van der Waals surface area contributed by atoms with Gasteiger partial charge in [-0.3, -0.25) is 9.69 Å². The predicted molar refractivity (Wildman–Crippen MR) is 92.2 cm³/mol. The molecule has 1 heterocycles. The first kappa shape index (κ1) is 16.4. The van der Waals surface area contributed by atoms with Crippen LogP contribution in [-0.2, 0) is 5.72 Å². The Kier molecular flexibility index (Phi) is 4.51. The van der Waals surface area contributed by atoms with E-state index in [1.165, 1.54) is 4.90 Å². The first-order valence-corrected chi connectivity index (χ1v) is 8.05. The van der Waals surface area contributed by atoms with Crippen molar-refractivity contribution in [3.63, 3.8) is 0 Å². The van der Waals surface area contributed by atoms with Gasteiger partial charge in [-0.1, -0.05) is 54.6 Å². The van der Waals surface area contributed by atoms with Crippen LogP contribution >= 0.6 is 0 Å². The Hall–Kier alpha value is -2.43. The van der Waals surface area contributed by atoms with Gasteiger partial charge in [0.15, 0.2) is 5.72 Å². The minimum absolute atomic E-state index is 0.264. The molecule has 0 radical (unpaired) electrons. The molecule has 0 fully saturated rings. The number of carbonyl (C=O) groups is 1. The fourth-order valence-corrected chi connectivity index (χ4v) is 3.42. The summed E-state index contributed by atoms with van der Waals surface area (Å²) < 4.78 is 0. The average Bonchev–Trinajstić information content (AvgIpc) is 2.85. The summed E-state index contributed by atoms with van der Waals surface area (Å²) in [5.41, 5.74) is 0.410. The SMILES string of the molecule is C=CCC[C@@]1(O)c2ccccc2C(=O)N1[C@@H](CO)c1ccccc1. The first-order chi connectivity index (χ1) is 11.6. The lowest BCUT2D eigenvalue weighted by Gasteiger charge is -2.39. The number of amides is 1.